The molecule has 2 aromatic rings. The van der Waals surface area contributed by atoms with Crippen LogP contribution in [0.2, 0.25) is 0 Å². The maximum absolute atomic E-state index is 11.4. The summed E-state index contributed by atoms with van der Waals surface area (Å²) in [7, 11) is 2.89. The Balaban J connectivity index is 2.45. The van der Waals surface area contributed by atoms with Gasteiger partial charge in [0.05, 0.1) is 14.2 Å². The third-order valence-corrected chi connectivity index (χ3v) is 3.17. The van der Waals surface area contributed by atoms with Crippen LogP contribution in [-0.2, 0) is 4.79 Å². The maximum atomic E-state index is 11.4. The zero-order valence-corrected chi connectivity index (χ0v) is 12.2. The first-order chi connectivity index (χ1) is 10.6. The molecule has 0 amide bonds. The van der Waals surface area contributed by atoms with Gasteiger partial charge in [0.15, 0.2) is 29.3 Å². The highest BCUT2D eigenvalue weighted by molar-refractivity contribution is 6.13. The molecule has 0 saturated carbocycles. The molecule has 0 fully saturated rings. The second-order valence-corrected chi connectivity index (χ2v) is 4.54. The van der Waals surface area contributed by atoms with Gasteiger partial charge in [0.1, 0.15) is 0 Å². The topological polar surface area (TPSA) is 76.0 Å². The van der Waals surface area contributed by atoms with Crippen molar-refractivity contribution in [3.8, 4) is 23.0 Å². The number of rotatable bonds is 5. The van der Waals surface area contributed by atoms with Crippen LogP contribution in [0.4, 0.5) is 0 Å². The Morgan fingerprint density at radius 3 is 2.14 bits per heavy atom. The summed E-state index contributed by atoms with van der Waals surface area (Å²) in [6, 6.07) is 9.44. The van der Waals surface area contributed by atoms with Crippen molar-refractivity contribution >= 4 is 17.9 Å². The minimum absolute atomic E-state index is 0.00259. The lowest BCUT2D eigenvalue weighted by Gasteiger charge is -2.07. The SMILES string of the molecule is COc1cc(/C=C(\C=O)c2ccc(O)c(OC)c2)ccc1O. The number of aldehydes is 1. The summed E-state index contributed by atoms with van der Waals surface area (Å²) < 4.78 is 10.1. The molecule has 0 spiro atoms. The predicted molar refractivity (Wildman–Crippen MR) is 83.3 cm³/mol. The van der Waals surface area contributed by atoms with Crippen molar-refractivity contribution in [3.05, 3.63) is 47.5 Å². The molecule has 0 saturated heterocycles. The number of aromatic hydroxyl groups is 2. The van der Waals surface area contributed by atoms with Crippen molar-refractivity contribution in [2.45, 2.75) is 0 Å². The first-order valence-corrected chi connectivity index (χ1v) is 6.50. The molecule has 0 aliphatic carbocycles. The third-order valence-electron chi connectivity index (χ3n) is 3.17. The van der Waals surface area contributed by atoms with E-state index in [0.29, 0.717) is 28.7 Å². The van der Waals surface area contributed by atoms with Crippen molar-refractivity contribution in [2.75, 3.05) is 14.2 Å². The van der Waals surface area contributed by atoms with Gasteiger partial charge in [0, 0.05) is 5.57 Å². The summed E-state index contributed by atoms with van der Waals surface area (Å²) in [5.74, 6) is 0.636. The molecule has 114 valence electrons. The first-order valence-electron chi connectivity index (χ1n) is 6.50. The molecule has 0 radical (unpaired) electrons. The zero-order chi connectivity index (χ0) is 16.1. The molecule has 2 aromatic carbocycles. The molecule has 0 bridgehead atoms. The fourth-order valence-electron chi connectivity index (χ4n) is 2.01. The van der Waals surface area contributed by atoms with Gasteiger partial charge in [-0.25, -0.2) is 0 Å². The van der Waals surface area contributed by atoms with Crippen LogP contribution in [-0.4, -0.2) is 30.7 Å². The van der Waals surface area contributed by atoms with E-state index in [4.69, 9.17) is 9.47 Å². The van der Waals surface area contributed by atoms with Crippen LogP contribution >= 0.6 is 0 Å². The summed E-state index contributed by atoms with van der Waals surface area (Å²) in [6.45, 7) is 0. The largest absolute Gasteiger partial charge is 0.504 e. The highest BCUT2D eigenvalue weighted by atomic mass is 16.5. The molecule has 5 heteroatoms. The fraction of sp³-hybridized carbons (Fsp3) is 0.118. The lowest BCUT2D eigenvalue weighted by atomic mass is 10.0. The summed E-state index contributed by atoms with van der Waals surface area (Å²) in [5.41, 5.74) is 1.71. The van der Waals surface area contributed by atoms with E-state index >= 15 is 0 Å². The number of methoxy groups -OCH3 is 2. The van der Waals surface area contributed by atoms with Gasteiger partial charge < -0.3 is 19.7 Å². The van der Waals surface area contributed by atoms with Gasteiger partial charge in [-0.15, -0.1) is 0 Å². The van der Waals surface area contributed by atoms with Gasteiger partial charge in [-0.05, 0) is 41.5 Å². The highest BCUT2D eigenvalue weighted by Gasteiger charge is 2.08. The Hall–Kier alpha value is -2.95. The Morgan fingerprint density at radius 2 is 1.55 bits per heavy atom. The van der Waals surface area contributed by atoms with Crippen molar-refractivity contribution in [2.24, 2.45) is 0 Å². The quantitative estimate of drug-likeness (QED) is 0.504. The van der Waals surface area contributed by atoms with Crippen LogP contribution in [0, 0.1) is 0 Å². The minimum atomic E-state index is 0.00259. The van der Waals surface area contributed by atoms with E-state index in [9.17, 15) is 15.0 Å². The van der Waals surface area contributed by atoms with E-state index in [1.807, 2.05) is 0 Å². The number of phenolic OH excluding ortho intramolecular Hbond substituents is 2. The predicted octanol–water partition coefficient (Wildman–Crippen LogP) is 2.85. The van der Waals surface area contributed by atoms with Crippen LogP contribution < -0.4 is 9.47 Å². The molecular weight excluding hydrogens is 284 g/mol. The van der Waals surface area contributed by atoms with Crippen molar-refractivity contribution in [1.82, 2.24) is 0 Å². The van der Waals surface area contributed by atoms with Crippen LogP contribution in [0.15, 0.2) is 36.4 Å². The monoisotopic (exact) mass is 300 g/mol. The van der Waals surface area contributed by atoms with Gasteiger partial charge in [-0.2, -0.15) is 0 Å². The van der Waals surface area contributed by atoms with E-state index in [-0.39, 0.29) is 17.2 Å². The molecule has 22 heavy (non-hydrogen) atoms. The average molecular weight is 300 g/mol. The molecule has 2 rings (SSSR count). The Bertz CT molecular complexity index is 719. The third kappa shape index (κ3) is 3.20. The van der Waals surface area contributed by atoms with Gasteiger partial charge in [-0.3, -0.25) is 4.79 Å². The van der Waals surface area contributed by atoms with Crippen molar-refractivity contribution in [3.63, 3.8) is 0 Å². The molecule has 0 heterocycles. The number of allylic oxidation sites excluding steroid dienone is 1. The standard InChI is InChI=1S/C17H16O5/c1-21-16-8-11(3-5-14(16)19)7-13(10-18)12-4-6-15(20)17(9-12)22-2/h3-10,19-20H,1-2H3/b13-7+. The molecule has 5 nitrogen and oxygen atoms in total. The number of phenols is 2. The van der Waals surface area contributed by atoms with E-state index in [2.05, 4.69) is 0 Å². The molecular formula is C17H16O5. The second-order valence-electron chi connectivity index (χ2n) is 4.54. The van der Waals surface area contributed by atoms with Crippen LogP contribution in [0.25, 0.3) is 11.6 Å². The Morgan fingerprint density at radius 1 is 0.955 bits per heavy atom. The van der Waals surface area contributed by atoms with Gasteiger partial charge >= 0.3 is 0 Å². The lowest BCUT2D eigenvalue weighted by molar-refractivity contribution is -0.103. The summed E-state index contributed by atoms with van der Waals surface area (Å²) in [4.78, 5) is 11.4. The van der Waals surface area contributed by atoms with Gasteiger partial charge in [0.2, 0.25) is 0 Å². The van der Waals surface area contributed by atoms with E-state index < -0.39 is 0 Å². The molecule has 0 aliphatic heterocycles. The average Bonchev–Trinajstić information content (AvgIpc) is 2.54. The summed E-state index contributed by atoms with van der Waals surface area (Å²) in [5, 5.41) is 19.2. The number of carbonyl (C=O) groups is 1. The number of ether oxygens (including phenoxy) is 2. The fourth-order valence-corrected chi connectivity index (χ4v) is 2.01. The summed E-state index contributed by atoms with van der Waals surface area (Å²) in [6.07, 6.45) is 2.37. The van der Waals surface area contributed by atoms with E-state index in [0.717, 1.165) is 0 Å². The Labute approximate surface area is 128 Å². The number of carbonyl (C=O) groups excluding carboxylic acids is 1. The van der Waals surface area contributed by atoms with E-state index in [1.54, 1.807) is 30.3 Å². The van der Waals surface area contributed by atoms with Crippen molar-refractivity contribution in [1.29, 1.82) is 0 Å². The van der Waals surface area contributed by atoms with Crippen LogP contribution in [0.1, 0.15) is 11.1 Å². The smallest absolute Gasteiger partial charge is 0.161 e. The van der Waals surface area contributed by atoms with Gasteiger partial charge in [-0.1, -0.05) is 12.1 Å². The highest BCUT2D eigenvalue weighted by Crippen LogP contribution is 2.31. The molecule has 2 N–H and O–H groups in total. The summed E-state index contributed by atoms with van der Waals surface area (Å²) >= 11 is 0. The lowest BCUT2D eigenvalue weighted by Crippen LogP contribution is -1.90. The second kappa shape index (κ2) is 6.67. The molecule has 0 atom stereocenters. The molecule has 0 aliphatic rings. The van der Waals surface area contributed by atoms with Crippen LogP contribution in [0.5, 0.6) is 23.0 Å². The van der Waals surface area contributed by atoms with Crippen LogP contribution in [0.3, 0.4) is 0 Å². The Kier molecular flexibility index (Phi) is 4.68. The first kappa shape index (κ1) is 15.4. The molecule has 0 unspecified atom stereocenters. The van der Waals surface area contributed by atoms with Crippen molar-refractivity contribution < 1.29 is 24.5 Å². The zero-order valence-electron chi connectivity index (χ0n) is 12.2. The normalized spacial score (nSPS) is 11.1. The minimum Gasteiger partial charge on any atom is -0.504 e. The number of hydrogen-bond acceptors (Lipinski definition) is 5. The number of hydrogen-bond donors (Lipinski definition) is 2. The van der Waals surface area contributed by atoms with Gasteiger partial charge in [0.25, 0.3) is 0 Å². The number of benzene rings is 2. The molecule has 0 aromatic heterocycles. The maximum Gasteiger partial charge on any atom is 0.161 e. The van der Waals surface area contributed by atoms with E-state index in [1.165, 1.54) is 26.4 Å².